The van der Waals surface area contributed by atoms with Crippen molar-refractivity contribution >= 4 is 5.84 Å². The van der Waals surface area contributed by atoms with Crippen molar-refractivity contribution in [3.05, 3.63) is 29.3 Å². The molecule has 0 aromatic heterocycles. The lowest BCUT2D eigenvalue weighted by atomic mass is 9.88. The summed E-state index contributed by atoms with van der Waals surface area (Å²) in [6.07, 6.45) is 5.13. The van der Waals surface area contributed by atoms with Gasteiger partial charge in [0.25, 0.3) is 0 Å². The number of hydrogen-bond acceptors (Lipinski definition) is 2. The molecule has 2 rings (SSSR count). The molecule has 1 fully saturated rings. The third kappa shape index (κ3) is 2.84. The number of aryl methyl sites for hydroxylation is 1. The zero-order valence-corrected chi connectivity index (χ0v) is 11.2. The minimum Gasteiger partial charge on any atom is -0.489 e. The monoisotopic (exact) mass is 246 g/mol. The van der Waals surface area contributed by atoms with Crippen LogP contribution in [-0.2, 0) is 0 Å². The van der Waals surface area contributed by atoms with E-state index in [9.17, 15) is 0 Å². The Labute approximate surface area is 109 Å². The average Bonchev–Trinajstić information content (AvgIpc) is 2.34. The van der Waals surface area contributed by atoms with Gasteiger partial charge in [0.2, 0.25) is 0 Å². The molecule has 3 heteroatoms. The summed E-state index contributed by atoms with van der Waals surface area (Å²) in [5, 5.41) is 7.64. The molecule has 1 saturated carbocycles. The van der Waals surface area contributed by atoms with Crippen molar-refractivity contribution in [3.8, 4) is 5.75 Å². The standard InChI is InChI=1S/C15H22N2O/c1-10-7-8-14(12(9-10)15(16)17)18-13-6-4-3-5-11(13)2/h7-9,11,13H,3-6H2,1-2H3,(H3,16,17). The van der Waals surface area contributed by atoms with E-state index in [1.54, 1.807) is 0 Å². The first kappa shape index (κ1) is 12.9. The van der Waals surface area contributed by atoms with E-state index in [-0.39, 0.29) is 11.9 Å². The molecular formula is C15H22N2O. The molecule has 0 heterocycles. The fourth-order valence-corrected chi connectivity index (χ4v) is 2.58. The first-order valence-corrected chi connectivity index (χ1v) is 6.69. The molecule has 0 spiro atoms. The van der Waals surface area contributed by atoms with Gasteiger partial charge >= 0.3 is 0 Å². The maximum Gasteiger partial charge on any atom is 0.130 e. The lowest BCUT2D eigenvalue weighted by Gasteiger charge is -2.30. The molecular weight excluding hydrogens is 224 g/mol. The number of ether oxygens (including phenoxy) is 1. The van der Waals surface area contributed by atoms with E-state index in [4.69, 9.17) is 15.9 Å². The van der Waals surface area contributed by atoms with Crippen LogP contribution in [0.15, 0.2) is 18.2 Å². The fourth-order valence-electron chi connectivity index (χ4n) is 2.58. The predicted octanol–water partition coefficient (Wildman–Crippen LogP) is 3.24. The molecule has 98 valence electrons. The Kier molecular flexibility index (Phi) is 3.90. The van der Waals surface area contributed by atoms with Crippen molar-refractivity contribution in [2.24, 2.45) is 11.7 Å². The molecule has 0 aliphatic heterocycles. The summed E-state index contributed by atoms with van der Waals surface area (Å²) in [4.78, 5) is 0. The summed E-state index contributed by atoms with van der Waals surface area (Å²) >= 11 is 0. The molecule has 2 unspecified atom stereocenters. The van der Waals surface area contributed by atoms with Crippen LogP contribution in [0.1, 0.15) is 43.7 Å². The van der Waals surface area contributed by atoms with E-state index in [1.807, 2.05) is 25.1 Å². The fraction of sp³-hybridized carbons (Fsp3) is 0.533. The molecule has 3 nitrogen and oxygen atoms in total. The second-order valence-electron chi connectivity index (χ2n) is 5.33. The normalized spacial score (nSPS) is 23.7. The molecule has 0 saturated heterocycles. The van der Waals surface area contributed by atoms with Gasteiger partial charge in [0.1, 0.15) is 17.7 Å². The van der Waals surface area contributed by atoms with E-state index in [1.165, 1.54) is 19.3 Å². The van der Waals surface area contributed by atoms with Crippen LogP contribution in [0.2, 0.25) is 0 Å². The average molecular weight is 246 g/mol. The largest absolute Gasteiger partial charge is 0.489 e. The van der Waals surface area contributed by atoms with E-state index in [2.05, 4.69) is 6.92 Å². The third-order valence-electron chi connectivity index (χ3n) is 3.74. The van der Waals surface area contributed by atoms with Crippen LogP contribution in [0, 0.1) is 18.3 Å². The Morgan fingerprint density at radius 2 is 2.06 bits per heavy atom. The number of nitrogen functional groups attached to an aromatic ring is 1. The van der Waals surface area contributed by atoms with Gasteiger partial charge in [0.05, 0.1) is 5.56 Å². The number of hydrogen-bond donors (Lipinski definition) is 2. The summed E-state index contributed by atoms with van der Waals surface area (Å²) in [5.74, 6) is 1.42. The van der Waals surface area contributed by atoms with Crippen LogP contribution in [0.3, 0.4) is 0 Å². The van der Waals surface area contributed by atoms with Gasteiger partial charge < -0.3 is 10.5 Å². The lowest BCUT2D eigenvalue weighted by Crippen LogP contribution is -2.29. The predicted molar refractivity (Wildman–Crippen MR) is 74.2 cm³/mol. The van der Waals surface area contributed by atoms with Gasteiger partial charge in [-0.1, -0.05) is 25.0 Å². The smallest absolute Gasteiger partial charge is 0.130 e. The number of nitrogens with two attached hydrogens (primary N) is 1. The molecule has 0 bridgehead atoms. The molecule has 1 aliphatic rings. The van der Waals surface area contributed by atoms with E-state index in [0.717, 1.165) is 17.7 Å². The first-order chi connectivity index (χ1) is 8.58. The maximum atomic E-state index is 7.64. The van der Waals surface area contributed by atoms with E-state index >= 15 is 0 Å². The van der Waals surface area contributed by atoms with Gasteiger partial charge in [-0.05, 0) is 44.2 Å². The van der Waals surface area contributed by atoms with Crippen molar-refractivity contribution in [1.82, 2.24) is 0 Å². The molecule has 2 atom stereocenters. The van der Waals surface area contributed by atoms with Gasteiger partial charge in [-0.3, -0.25) is 5.41 Å². The zero-order valence-electron chi connectivity index (χ0n) is 11.2. The van der Waals surface area contributed by atoms with Crippen LogP contribution < -0.4 is 10.5 Å². The highest BCUT2D eigenvalue weighted by molar-refractivity contribution is 5.97. The Morgan fingerprint density at radius 1 is 1.33 bits per heavy atom. The zero-order chi connectivity index (χ0) is 13.1. The molecule has 0 amide bonds. The Hall–Kier alpha value is -1.51. The number of rotatable bonds is 3. The van der Waals surface area contributed by atoms with Gasteiger partial charge in [0.15, 0.2) is 0 Å². The topological polar surface area (TPSA) is 59.1 Å². The highest BCUT2D eigenvalue weighted by Crippen LogP contribution is 2.30. The van der Waals surface area contributed by atoms with Crippen LogP contribution in [0.4, 0.5) is 0 Å². The number of amidine groups is 1. The summed E-state index contributed by atoms with van der Waals surface area (Å²) < 4.78 is 6.09. The van der Waals surface area contributed by atoms with Gasteiger partial charge in [-0.2, -0.15) is 0 Å². The highest BCUT2D eigenvalue weighted by atomic mass is 16.5. The van der Waals surface area contributed by atoms with Crippen LogP contribution >= 0.6 is 0 Å². The first-order valence-electron chi connectivity index (χ1n) is 6.69. The minimum atomic E-state index is 0.0807. The summed E-state index contributed by atoms with van der Waals surface area (Å²) in [6, 6.07) is 5.87. The van der Waals surface area contributed by atoms with Crippen LogP contribution in [0.5, 0.6) is 5.75 Å². The van der Waals surface area contributed by atoms with E-state index < -0.39 is 0 Å². The maximum absolute atomic E-state index is 7.64. The van der Waals surface area contributed by atoms with Crippen LogP contribution in [-0.4, -0.2) is 11.9 Å². The summed E-state index contributed by atoms with van der Waals surface area (Å²) in [6.45, 7) is 4.24. The van der Waals surface area contributed by atoms with Crippen molar-refractivity contribution in [3.63, 3.8) is 0 Å². The highest BCUT2D eigenvalue weighted by Gasteiger charge is 2.23. The molecule has 1 aromatic rings. The minimum absolute atomic E-state index is 0.0807. The van der Waals surface area contributed by atoms with Gasteiger partial charge in [-0.15, -0.1) is 0 Å². The van der Waals surface area contributed by atoms with Crippen LogP contribution in [0.25, 0.3) is 0 Å². The molecule has 1 aromatic carbocycles. The summed E-state index contributed by atoms with van der Waals surface area (Å²) in [7, 11) is 0. The molecule has 3 N–H and O–H groups in total. The van der Waals surface area contributed by atoms with Crippen molar-refractivity contribution < 1.29 is 4.74 Å². The Balaban J connectivity index is 2.20. The Bertz CT molecular complexity index is 442. The second kappa shape index (κ2) is 5.42. The van der Waals surface area contributed by atoms with Crippen molar-refractivity contribution in [2.45, 2.75) is 45.6 Å². The lowest BCUT2D eigenvalue weighted by molar-refractivity contribution is 0.102. The molecule has 1 aliphatic carbocycles. The number of nitrogens with one attached hydrogen (secondary N) is 1. The Morgan fingerprint density at radius 3 is 2.72 bits per heavy atom. The van der Waals surface area contributed by atoms with Gasteiger partial charge in [0, 0.05) is 0 Å². The second-order valence-corrected chi connectivity index (χ2v) is 5.33. The SMILES string of the molecule is Cc1ccc(OC2CCCCC2C)c(C(=N)N)c1. The molecule has 18 heavy (non-hydrogen) atoms. The quantitative estimate of drug-likeness (QED) is 0.635. The van der Waals surface area contributed by atoms with Crippen molar-refractivity contribution in [2.75, 3.05) is 0 Å². The number of benzene rings is 1. The van der Waals surface area contributed by atoms with Crippen molar-refractivity contribution in [1.29, 1.82) is 5.41 Å². The third-order valence-corrected chi connectivity index (χ3v) is 3.74. The summed E-state index contributed by atoms with van der Waals surface area (Å²) in [5.41, 5.74) is 7.44. The van der Waals surface area contributed by atoms with Gasteiger partial charge in [-0.25, -0.2) is 0 Å². The van der Waals surface area contributed by atoms with E-state index in [0.29, 0.717) is 11.5 Å². The molecule has 0 radical (unpaired) electrons.